The van der Waals surface area contributed by atoms with Crippen LogP contribution >= 0.6 is 22.9 Å². The molecule has 0 bridgehead atoms. The fourth-order valence-electron chi connectivity index (χ4n) is 1.31. The molecule has 1 aromatic heterocycles. The van der Waals surface area contributed by atoms with Crippen molar-refractivity contribution < 1.29 is 4.39 Å². The molecule has 1 N–H and O–H groups in total. The van der Waals surface area contributed by atoms with Gasteiger partial charge in [-0.15, -0.1) is 11.3 Å². The average Bonchev–Trinajstić information content (AvgIpc) is 2.67. The van der Waals surface area contributed by atoms with Crippen LogP contribution in [0, 0.1) is 12.7 Å². The summed E-state index contributed by atoms with van der Waals surface area (Å²) < 4.78 is 13.5. The predicted octanol–water partition coefficient (Wildman–Crippen LogP) is 3.86. The number of anilines is 1. The zero-order chi connectivity index (χ0) is 11.5. The SMILES string of the molecule is Cc1ncsc1CNc1cccc(Cl)c1F. The molecule has 0 saturated carbocycles. The monoisotopic (exact) mass is 256 g/mol. The van der Waals surface area contributed by atoms with E-state index in [1.165, 1.54) is 6.07 Å². The molecule has 0 unspecified atom stereocenters. The minimum Gasteiger partial charge on any atom is -0.378 e. The van der Waals surface area contributed by atoms with Gasteiger partial charge in [0.1, 0.15) is 0 Å². The molecule has 0 amide bonds. The molecule has 0 fully saturated rings. The van der Waals surface area contributed by atoms with E-state index in [1.807, 2.05) is 6.92 Å². The third-order valence-electron chi connectivity index (χ3n) is 2.24. The summed E-state index contributed by atoms with van der Waals surface area (Å²) in [4.78, 5) is 5.22. The Morgan fingerprint density at radius 3 is 3.00 bits per heavy atom. The maximum Gasteiger partial charge on any atom is 0.164 e. The van der Waals surface area contributed by atoms with Crippen molar-refractivity contribution in [1.29, 1.82) is 0 Å². The predicted molar refractivity (Wildman–Crippen MR) is 65.6 cm³/mol. The maximum atomic E-state index is 13.5. The van der Waals surface area contributed by atoms with Crippen molar-refractivity contribution in [3.05, 3.63) is 45.1 Å². The van der Waals surface area contributed by atoms with Gasteiger partial charge in [0.2, 0.25) is 0 Å². The fourth-order valence-corrected chi connectivity index (χ4v) is 2.20. The van der Waals surface area contributed by atoms with Crippen LogP contribution in [-0.4, -0.2) is 4.98 Å². The van der Waals surface area contributed by atoms with E-state index in [0.717, 1.165) is 10.6 Å². The molecule has 16 heavy (non-hydrogen) atoms. The van der Waals surface area contributed by atoms with Gasteiger partial charge in [0.15, 0.2) is 5.82 Å². The summed E-state index contributed by atoms with van der Waals surface area (Å²) in [7, 11) is 0. The van der Waals surface area contributed by atoms with Gasteiger partial charge in [-0.1, -0.05) is 17.7 Å². The van der Waals surface area contributed by atoms with E-state index in [-0.39, 0.29) is 5.02 Å². The topological polar surface area (TPSA) is 24.9 Å². The first-order valence-corrected chi connectivity index (χ1v) is 6.01. The van der Waals surface area contributed by atoms with Crippen molar-refractivity contribution in [2.45, 2.75) is 13.5 Å². The van der Waals surface area contributed by atoms with Gasteiger partial charge in [-0.2, -0.15) is 0 Å². The van der Waals surface area contributed by atoms with Crippen molar-refractivity contribution in [2.75, 3.05) is 5.32 Å². The smallest absolute Gasteiger partial charge is 0.164 e. The van der Waals surface area contributed by atoms with E-state index in [4.69, 9.17) is 11.6 Å². The molecule has 5 heteroatoms. The second kappa shape index (κ2) is 4.80. The number of nitrogens with zero attached hydrogens (tertiary/aromatic N) is 1. The Bertz CT molecular complexity index is 498. The van der Waals surface area contributed by atoms with Crippen LogP contribution < -0.4 is 5.32 Å². The van der Waals surface area contributed by atoms with Crippen LogP contribution in [0.2, 0.25) is 5.02 Å². The molecule has 1 heterocycles. The molecule has 2 nitrogen and oxygen atoms in total. The van der Waals surface area contributed by atoms with Crippen LogP contribution in [0.25, 0.3) is 0 Å². The van der Waals surface area contributed by atoms with E-state index < -0.39 is 5.82 Å². The zero-order valence-electron chi connectivity index (χ0n) is 8.63. The lowest BCUT2D eigenvalue weighted by Crippen LogP contribution is -2.01. The lowest BCUT2D eigenvalue weighted by Gasteiger charge is -2.07. The molecule has 0 aliphatic rings. The Labute approximate surface area is 102 Å². The van der Waals surface area contributed by atoms with Crippen molar-refractivity contribution in [1.82, 2.24) is 4.98 Å². The zero-order valence-corrected chi connectivity index (χ0v) is 10.2. The first-order valence-electron chi connectivity index (χ1n) is 4.75. The minimum atomic E-state index is -0.411. The van der Waals surface area contributed by atoms with Gasteiger partial charge < -0.3 is 5.32 Å². The van der Waals surface area contributed by atoms with Gasteiger partial charge in [-0.05, 0) is 19.1 Å². The number of benzene rings is 1. The van der Waals surface area contributed by atoms with Gasteiger partial charge in [0.05, 0.1) is 28.5 Å². The lowest BCUT2D eigenvalue weighted by molar-refractivity contribution is 0.630. The highest BCUT2D eigenvalue weighted by Gasteiger charge is 2.07. The average molecular weight is 257 g/mol. The van der Waals surface area contributed by atoms with Crippen molar-refractivity contribution >= 4 is 28.6 Å². The van der Waals surface area contributed by atoms with Crippen LogP contribution in [0.15, 0.2) is 23.7 Å². The van der Waals surface area contributed by atoms with Crippen LogP contribution in [-0.2, 0) is 6.54 Å². The molecular weight excluding hydrogens is 247 g/mol. The van der Waals surface area contributed by atoms with E-state index >= 15 is 0 Å². The lowest BCUT2D eigenvalue weighted by atomic mass is 10.3. The molecule has 0 spiro atoms. The van der Waals surface area contributed by atoms with Crippen molar-refractivity contribution in [3.63, 3.8) is 0 Å². The Kier molecular flexibility index (Phi) is 3.41. The van der Waals surface area contributed by atoms with Gasteiger partial charge in [0, 0.05) is 4.88 Å². The van der Waals surface area contributed by atoms with Crippen LogP contribution in [0.1, 0.15) is 10.6 Å². The molecule has 0 radical (unpaired) electrons. The molecule has 0 saturated heterocycles. The molecular formula is C11H10ClFN2S. The van der Waals surface area contributed by atoms with Crippen molar-refractivity contribution in [3.8, 4) is 0 Å². The Morgan fingerprint density at radius 1 is 1.50 bits per heavy atom. The molecule has 0 atom stereocenters. The van der Waals surface area contributed by atoms with Crippen LogP contribution in [0.3, 0.4) is 0 Å². The highest BCUT2D eigenvalue weighted by molar-refractivity contribution is 7.09. The van der Waals surface area contributed by atoms with E-state index in [9.17, 15) is 4.39 Å². The van der Waals surface area contributed by atoms with E-state index in [0.29, 0.717) is 12.2 Å². The summed E-state index contributed by atoms with van der Waals surface area (Å²) in [5.41, 5.74) is 3.17. The number of hydrogen-bond acceptors (Lipinski definition) is 3. The summed E-state index contributed by atoms with van der Waals surface area (Å²) >= 11 is 7.23. The van der Waals surface area contributed by atoms with Gasteiger partial charge in [-0.3, -0.25) is 0 Å². The summed E-state index contributed by atoms with van der Waals surface area (Å²) in [6.45, 7) is 2.50. The Balaban J connectivity index is 2.11. The quantitative estimate of drug-likeness (QED) is 0.902. The highest BCUT2D eigenvalue weighted by atomic mass is 35.5. The summed E-state index contributed by atoms with van der Waals surface area (Å²) in [5.74, 6) is -0.411. The first kappa shape index (κ1) is 11.4. The molecule has 1 aromatic carbocycles. The number of aryl methyl sites for hydroxylation is 1. The van der Waals surface area contributed by atoms with Gasteiger partial charge in [-0.25, -0.2) is 9.37 Å². The summed E-state index contributed by atoms with van der Waals surface area (Å²) in [5, 5.41) is 3.14. The van der Waals surface area contributed by atoms with Gasteiger partial charge >= 0.3 is 0 Å². The molecule has 0 aliphatic heterocycles. The Morgan fingerprint density at radius 2 is 2.31 bits per heavy atom. The molecule has 0 aliphatic carbocycles. The van der Waals surface area contributed by atoms with Gasteiger partial charge in [0.25, 0.3) is 0 Å². The van der Waals surface area contributed by atoms with Crippen LogP contribution in [0.5, 0.6) is 0 Å². The number of aromatic nitrogens is 1. The summed E-state index contributed by atoms with van der Waals surface area (Å²) in [6.07, 6.45) is 0. The van der Waals surface area contributed by atoms with Crippen molar-refractivity contribution in [2.24, 2.45) is 0 Å². The number of thiazole rings is 1. The number of nitrogens with one attached hydrogen (secondary N) is 1. The number of halogens is 2. The van der Waals surface area contributed by atoms with Crippen LogP contribution in [0.4, 0.5) is 10.1 Å². The normalized spacial score (nSPS) is 10.4. The molecule has 2 rings (SSSR count). The molecule has 84 valence electrons. The third-order valence-corrected chi connectivity index (χ3v) is 3.46. The standard InChI is InChI=1S/C11H10ClFN2S/c1-7-10(16-6-15-7)5-14-9-4-2-3-8(12)11(9)13/h2-4,6,14H,5H2,1H3. The maximum absolute atomic E-state index is 13.5. The fraction of sp³-hybridized carbons (Fsp3) is 0.182. The third kappa shape index (κ3) is 2.33. The largest absolute Gasteiger partial charge is 0.378 e. The minimum absolute atomic E-state index is 0.131. The Hall–Kier alpha value is -1.13. The second-order valence-electron chi connectivity index (χ2n) is 3.32. The highest BCUT2D eigenvalue weighted by Crippen LogP contribution is 2.23. The summed E-state index contributed by atoms with van der Waals surface area (Å²) in [6, 6.07) is 4.91. The first-order chi connectivity index (χ1) is 7.68. The second-order valence-corrected chi connectivity index (χ2v) is 4.66. The number of hydrogen-bond donors (Lipinski definition) is 1. The number of rotatable bonds is 3. The van der Waals surface area contributed by atoms with E-state index in [2.05, 4.69) is 10.3 Å². The van der Waals surface area contributed by atoms with E-state index in [1.54, 1.807) is 29.0 Å². The molecule has 2 aromatic rings.